The minimum absolute atomic E-state index is 0. The van der Waals surface area contributed by atoms with Gasteiger partial charge in [0.1, 0.15) is 57.5 Å². The number of H-pyrrole nitrogens is 2. The Morgan fingerprint density at radius 1 is 0.604 bits per heavy atom. The second kappa shape index (κ2) is 34.3. The first-order valence-corrected chi connectivity index (χ1v) is 28.8. The molecule has 0 aliphatic carbocycles. The number of carboxylic acids is 2. The van der Waals surface area contributed by atoms with Crippen molar-refractivity contribution in [2.24, 2.45) is 14.1 Å². The van der Waals surface area contributed by atoms with Gasteiger partial charge in [0, 0.05) is 73.0 Å². The SMILES string of the molecule is Cc1cc(=O)c(C(=O)N[C@@H](C(=O)N[C@@H]2C(=O)N3C(C(=O)[O-])=C(CSc4nnnn4C)CS[C@H]23)c2ccc(O)cc2)c[nH]1.Cc1cc(=O)c(C(=O)N[C@@H](C(=O)N[C@@H]2C(=O)N3C(C(=O)[O-])=C(CSc4nnnn4C)CS[C@H]23)c2ccc(O)cc2)c[nH]1.O.O.O.O.O.[Na+].[Na+]. The van der Waals surface area contributed by atoms with Gasteiger partial charge in [-0.2, -0.15) is 0 Å². The fourth-order valence-corrected chi connectivity index (χ4v) is 13.6. The second-order valence-corrected chi connectivity index (χ2v) is 22.9. The van der Waals surface area contributed by atoms with Crippen LogP contribution in [0.5, 0.6) is 11.5 Å². The smallest absolute Gasteiger partial charge is 0.543 e. The maximum Gasteiger partial charge on any atom is 1.00 e. The molecular formula is C50H56N16Na2O19S4. The fourth-order valence-electron chi connectivity index (χ4n) is 8.88. The third-order valence-corrected chi connectivity index (χ3v) is 18.0. The van der Waals surface area contributed by atoms with Crippen molar-refractivity contribution in [1.82, 2.24) is 81.4 Å². The van der Waals surface area contributed by atoms with Gasteiger partial charge in [-0.1, -0.05) is 47.8 Å². The number of benzene rings is 2. The summed E-state index contributed by atoms with van der Waals surface area (Å²) >= 11 is 4.94. The third-order valence-electron chi connectivity index (χ3n) is 13.1. The van der Waals surface area contributed by atoms with E-state index in [0.29, 0.717) is 32.8 Å². The van der Waals surface area contributed by atoms with Crippen molar-refractivity contribution in [2.45, 2.75) is 59.1 Å². The number of phenolic OH excluding ortho intramolecular Hbond substituents is 2. The normalized spacial score (nSPS) is 17.2. The number of nitrogens with one attached hydrogen (secondary N) is 6. The summed E-state index contributed by atoms with van der Waals surface area (Å²) in [5.74, 6) is -6.84. The Hall–Kier alpha value is -7.48. The first-order valence-electron chi connectivity index (χ1n) is 24.8. The number of aromatic hydroxyl groups is 2. The van der Waals surface area contributed by atoms with Crippen LogP contribution >= 0.6 is 47.0 Å². The Bertz CT molecular complexity index is 3610. The molecule has 18 N–H and O–H groups in total. The zero-order chi connectivity index (χ0) is 60.3. The summed E-state index contributed by atoms with van der Waals surface area (Å²) in [4.78, 5) is 136. The molecule has 476 valence electrons. The Morgan fingerprint density at radius 3 is 1.24 bits per heavy atom. The molecule has 4 aliphatic rings. The summed E-state index contributed by atoms with van der Waals surface area (Å²) in [6.45, 7) is 3.30. The van der Waals surface area contributed by atoms with Gasteiger partial charge in [-0.05, 0) is 81.2 Å². The van der Waals surface area contributed by atoms with Crippen molar-refractivity contribution < 1.29 is 145 Å². The van der Waals surface area contributed by atoms with Crippen molar-refractivity contribution in [1.29, 1.82) is 0 Å². The number of phenols is 2. The summed E-state index contributed by atoms with van der Waals surface area (Å²) in [7, 11) is 3.28. The van der Waals surface area contributed by atoms with Crippen LogP contribution in [0.2, 0.25) is 0 Å². The van der Waals surface area contributed by atoms with Gasteiger partial charge in [0.25, 0.3) is 23.6 Å². The van der Waals surface area contributed by atoms with Crippen LogP contribution in [0.3, 0.4) is 0 Å². The summed E-state index contributed by atoms with van der Waals surface area (Å²) in [5, 5.41) is 75.5. The molecule has 6 aromatic rings. The Labute approximate surface area is 573 Å². The number of tetrazole rings is 2. The van der Waals surface area contributed by atoms with Gasteiger partial charge in [-0.25, -0.2) is 9.36 Å². The molecule has 2 fully saturated rings. The van der Waals surface area contributed by atoms with Gasteiger partial charge in [-0.3, -0.25) is 48.2 Å². The number of aromatic amines is 2. The summed E-state index contributed by atoms with van der Waals surface area (Å²) in [5.41, 5.74) is 0.433. The number of nitrogens with zero attached hydrogens (tertiary/aromatic N) is 10. The van der Waals surface area contributed by atoms with E-state index in [1.807, 2.05) is 0 Å². The molecule has 0 spiro atoms. The van der Waals surface area contributed by atoms with Crippen LogP contribution in [0.1, 0.15) is 55.3 Å². The summed E-state index contributed by atoms with van der Waals surface area (Å²) in [6, 6.07) is 8.54. The number of β-lactam (4-membered cyclic amide) rings is 2. The minimum Gasteiger partial charge on any atom is -0.543 e. The van der Waals surface area contributed by atoms with Crippen LogP contribution < -0.4 is 101 Å². The van der Waals surface area contributed by atoms with Crippen LogP contribution in [0.25, 0.3) is 0 Å². The van der Waals surface area contributed by atoms with Crippen molar-refractivity contribution in [2.75, 3.05) is 23.0 Å². The number of fused-ring (bicyclic) bond motifs is 2. The molecule has 6 atom stereocenters. The molecule has 0 saturated carbocycles. The van der Waals surface area contributed by atoms with Crippen LogP contribution in [0.15, 0.2) is 115 Å². The number of thioether (sulfide) groups is 4. The average Bonchev–Trinajstić information content (AvgIpc) is 1.22. The van der Waals surface area contributed by atoms with Crippen LogP contribution in [-0.4, -0.2) is 191 Å². The summed E-state index contributed by atoms with van der Waals surface area (Å²) < 4.78 is 2.86. The quantitative estimate of drug-likeness (QED) is 0.0225. The second-order valence-electron chi connectivity index (χ2n) is 18.8. The zero-order valence-electron chi connectivity index (χ0n) is 48.6. The van der Waals surface area contributed by atoms with Gasteiger partial charge >= 0.3 is 59.1 Å². The minimum atomic E-state index is -1.53. The maximum atomic E-state index is 13.5. The Balaban J connectivity index is 0.000000576. The van der Waals surface area contributed by atoms with Gasteiger partial charge < -0.3 is 88.6 Å². The molecule has 41 heteroatoms. The van der Waals surface area contributed by atoms with Crippen molar-refractivity contribution in [3.8, 4) is 11.5 Å². The zero-order valence-corrected chi connectivity index (χ0v) is 55.9. The van der Waals surface area contributed by atoms with E-state index < -0.39 is 93.2 Å². The van der Waals surface area contributed by atoms with E-state index >= 15 is 0 Å². The van der Waals surface area contributed by atoms with Gasteiger partial charge in [0.2, 0.25) is 22.1 Å². The molecule has 91 heavy (non-hydrogen) atoms. The molecule has 2 saturated heterocycles. The predicted octanol–water partition coefficient (Wildman–Crippen LogP) is -13.0. The van der Waals surface area contributed by atoms with Crippen LogP contribution in [-0.2, 0) is 42.9 Å². The summed E-state index contributed by atoms with van der Waals surface area (Å²) in [6.07, 6.45) is 2.46. The Morgan fingerprint density at radius 2 is 0.945 bits per heavy atom. The number of amides is 6. The molecular weight excluding hydrogens is 1300 g/mol. The van der Waals surface area contributed by atoms with Crippen molar-refractivity contribution in [3.05, 3.63) is 150 Å². The molecule has 8 heterocycles. The van der Waals surface area contributed by atoms with E-state index in [0.717, 1.165) is 9.80 Å². The van der Waals surface area contributed by atoms with E-state index in [1.54, 1.807) is 27.9 Å². The number of carboxylic acid groups (broad SMARTS) is 2. The average molecular weight is 1360 g/mol. The first-order chi connectivity index (χ1) is 40.1. The van der Waals surface area contributed by atoms with Crippen molar-refractivity contribution >= 4 is 94.4 Å². The monoisotopic (exact) mass is 1360 g/mol. The molecule has 4 aromatic heterocycles. The number of carbonyl (C=O) groups is 8. The van der Waals surface area contributed by atoms with Crippen LogP contribution in [0, 0.1) is 13.8 Å². The number of hydrogen-bond acceptors (Lipinski definition) is 24. The number of carbonyl (C=O) groups excluding carboxylic acids is 8. The predicted molar refractivity (Wildman–Crippen MR) is 311 cm³/mol. The van der Waals surface area contributed by atoms with Crippen molar-refractivity contribution in [3.63, 3.8) is 0 Å². The first kappa shape index (κ1) is 79.6. The molecule has 6 amide bonds. The van der Waals surface area contributed by atoms with Crippen LogP contribution in [0.4, 0.5) is 0 Å². The number of aromatic nitrogens is 10. The molecule has 2 aromatic carbocycles. The van der Waals surface area contributed by atoms with E-state index in [-0.39, 0.29) is 155 Å². The molecule has 0 bridgehead atoms. The number of hydrogen-bond donors (Lipinski definition) is 8. The van der Waals surface area contributed by atoms with E-state index in [4.69, 9.17) is 0 Å². The molecule has 0 radical (unpaired) electrons. The third kappa shape index (κ3) is 17.6. The van der Waals surface area contributed by atoms with Gasteiger partial charge in [0.15, 0.2) is 10.9 Å². The Kier molecular flexibility index (Phi) is 30.0. The van der Waals surface area contributed by atoms with Gasteiger partial charge in [-0.15, -0.1) is 33.7 Å². The maximum absolute atomic E-state index is 13.5. The standard InChI is InChI=1S/2C25H24N8O7S2.2Na.5H2O/c2*1-11-7-16(35)15(8-26-11)20(36)27-17(12-3-5-14(34)6-4-12)21(37)28-18-22(38)33-19(24(39)40)13(9-41-23(18)33)10-42-25-29-30-31-32(25)2;;;;;;;/h2*3-8,17-18,23,34H,9-10H2,1-2H3,(H,26,35)(H,27,36)(H,28,37)(H,39,40);;;5*1H2/q;;2*+1;;;;;/p-2/t2*17-,18-,23-;;;;;;;/m11......./s1. The van der Waals surface area contributed by atoms with E-state index in [1.165, 1.54) is 129 Å². The fraction of sp³-hybridized carbons (Fsp3) is 0.280. The number of rotatable bonds is 18. The molecule has 4 aliphatic heterocycles. The van der Waals surface area contributed by atoms with Gasteiger partial charge in [0.05, 0.1) is 23.3 Å². The molecule has 0 unspecified atom stereocenters. The number of aryl methyl sites for hydroxylation is 4. The number of pyridine rings is 2. The van der Waals surface area contributed by atoms with E-state index in [2.05, 4.69) is 62.3 Å². The molecule has 35 nitrogen and oxygen atoms in total. The molecule has 10 rings (SSSR count). The van der Waals surface area contributed by atoms with E-state index in [9.17, 15) is 68.4 Å². The number of aliphatic carboxylic acids is 2. The topological polar surface area (TPSA) is 588 Å². The largest absolute Gasteiger partial charge is 1.00 e.